The Bertz CT molecular complexity index is 1010. The van der Waals surface area contributed by atoms with Gasteiger partial charge in [-0.2, -0.15) is 0 Å². The first-order chi connectivity index (χ1) is 12.5. The maximum absolute atomic E-state index is 12.3. The number of nitrogens with one attached hydrogen (secondary N) is 2. The molecule has 3 aromatic rings. The van der Waals surface area contributed by atoms with E-state index in [-0.39, 0.29) is 16.8 Å². The highest BCUT2D eigenvalue weighted by Crippen LogP contribution is 2.27. The molecule has 0 atom stereocenters. The zero-order valence-electron chi connectivity index (χ0n) is 13.7. The van der Waals surface area contributed by atoms with E-state index >= 15 is 0 Å². The van der Waals surface area contributed by atoms with Crippen molar-refractivity contribution in [3.8, 4) is 11.5 Å². The minimum atomic E-state index is -0.384. The number of phenolic OH excluding ortho intramolecular Hbond substituents is 1. The Morgan fingerprint density at radius 3 is 2.69 bits per heavy atom. The van der Waals surface area contributed by atoms with Crippen molar-refractivity contribution in [2.24, 2.45) is 0 Å². The zero-order valence-corrected chi connectivity index (χ0v) is 15.3. The van der Waals surface area contributed by atoms with Crippen LogP contribution in [0.5, 0.6) is 11.5 Å². The second-order valence-corrected chi connectivity index (χ2v) is 6.28. The number of hydrogen-bond acceptors (Lipinski definition) is 4. The topological polar surface area (TPSA) is 70.6 Å². The van der Waals surface area contributed by atoms with Gasteiger partial charge >= 0.3 is 0 Å². The fraction of sp³-hybridized carbons (Fsp3) is 0.0526. The first-order valence-corrected chi connectivity index (χ1v) is 8.44. The predicted molar refractivity (Wildman–Crippen MR) is 107 cm³/mol. The van der Waals surface area contributed by atoms with Gasteiger partial charge in [-0.3, -0.25) is 10.1 Å². The van der Waals surface area contributed by atoms with Gasteiger partial charge in [-0.15, -0.1) is 0 Å². The van der Waals surface area contributed by atoms with Gasteiger partial charge in [0.15, 0.2) is 5.11 Å². The molecule has 5 nitrogen and oxygen atoms in total. The van der Waals surface area contributed by atoms with E-state index in [1.165, 1.54) is 13.2 Å². The van der Waals surface area contributed by atoms with Crippen molar-refractivity contribution >= 4 is 51.3 Å². The Balaban J connectivity index is 1.75. The Hall–Kier alpha value is -2.83. The second-order valence-electron chi connectivity index (χ2n) is 5.47. The van der Waals surface area contributed by atoms with Gasteiger partial charge in [0, 0.05) is 16.6 Å². The molecular weight excluding hydrogens is 372 g/mol. The first kappa shape index (κ1) is 18.0. The van der Waals surface area contributed by atoms with Crippen LogP contribution in [0.4, 0.5) is 5.69 Å². The van der Waals surface area contributed by atoms with Crippen LogP contribution in [0.1, 0.15) is 10.4 Å². The smallest absolute Gasteiger partial charge is 0.257 e. The molecule has 0 unspecified atom stereocenters. The number of methoxy groups -OCH3 is 1. The Morgan fingerprint density at radius 2 is 1.96 bits per heavy atom. The average molecular weight is 387 g/mol. The number of phenols is 1. The molecule has 0 spiro atoms. The van der Waals surface area contributed by atoms with Crippen molar-refractivity contribution in [1.29, 1.82) is 0 Å². The highest BCUT2D eigenvalue weighted by molar-refractivity contribution is 7.80. The fourth-order valence-electron chi connectivity index (χ4n) is 2.52. The molecule has 0 aliphatic carbocycles. The molecule has 0 radical (unpaired) electrons. The van der Waals surface area contributed by atoms with Gasteiger partial charge in [-0.25, -0.2) is 0 Å². The number of hydrogen-bond donors (Lipinski definition) is 3. The summed E-state index contributed by atoms with van der Waals surface area (Å²) in [4.78, 5) is 12.3. The van der Waals surface area contributed by atoms with Crippen LogP contribution < -0.4 is 15.4 Å². The molecule has 0 aromatic heterocycles. The summed E-state index contributed by atoms with van der Waals surface area (Å²) >= 11 is 11.3. The lowest BCUT2D eigenvalue weighted by molar-refractivity contribution is 0.0977. The van der Waals surface area contributed by atoms with Crippen LogP contribution in [-0.4, -0.2) is 23.2 Å². The summed E-state index contributed by atoms with van der Waals surface area (Å²) in [6.45, 7) is 0. The summed E-state index contributed by atoms with van der Waals surface area (Å²) in [7, 11) is 1.50. The normalized spacial score (nSPS) is 10.4. The van der Waals surface area contributed by atoms with Crippen LogP contribution in [-0.2, 0) is 0 Å². The fourth-order valence-corrected chi connectivity index (χ4v) is 2.98. The number of benzene rings is 3. The van der Waals surface area contributed by atoms with E-state index in [9.17, 15) is 9.90 Å². The molecule has 0 saturated carbocycles. The summed E-state index contributed by atoms with van der Waals surface area (Å²) in [6, 6.07) is 15.3. The van der Waals surface area contributed by atoms with Crippen LogP contribution in [0.15, 0.2) is 54.6 Å². The Morgan fingerprint density at radius 1 is 1.15 bits per heavy atom. The molecule has 0 aliphatic rings. The molecule has 0 fully saturated rings. The molecule has 1 amide bonds. The highest BCUT2D eigenvalue weighted by atomic mass is 35.5. The van der Waals surface area contributed by atoms with Crippen molar-refractivity contribution in [1.82, 2.24) is 5.32 Å². The van der Waals surface area contributed by atoms with Crippen LogP contribution in [0.2, 0.25) is 5.02 Å². The van der Waals surface area contributed by atoms with Crippen LogP contribution >= 0.6 is 23.8 Å². The van der Waals surface area contributed by atoms with Crippen LogP contribution in [0.3, 0.4) is 0 Å². The van der Waals surface area contributed by atoms with Crippen LogP contribution in [0.25, 0.3) is 10.8 Å². The molecule has 0 saturated heterocycles. The molecule has 0 bridgehead atoms. The number of fused-ring (bicyclic) bond motifs is 1. The number of amides is 1. The van der Waals surface area contributed by atoms with Gasteiger partial charge in [0.1, 0.15) is 11.5 Å². The molecular formula is C19H15ClN2O3S. The van der Waals surface area contributed by atoms with Crippen molar-refractivity contribution in [2.45, 2.75) is 0 Å². The van der Waals surface area contributed by atoms with Crippen molar-refractivity contribution in [3.05, 3.63) is 65.2 Å². The maximum Gasteiger partial charge on any atom is 0.257 e. The third-order valence-electron chi connectivity index (χ3n) is 3.75. The molecule has 3 rings (SSSR count). The van der Waals surface area contributed by atoms with Gasteiger partial charge in [0.05, 0.1) is 12.1 Å². The maximum atomic E-state index is 12.3. The molecule has 26 heavy (non-hydrogen) atoms. The molecule has 3 aromatic carbocycles. The third-order valence-corrected chi connectivity index (χ3v) is 4.25. The minimum Gasteiger partial charge on any atom is -0.508 e. The minimum absolute atomic E-state index is 0.155. The first-order valence-electron chi connectivity index (χ1n) is 7.65. The Labute approximate surface area is 160 Å². The number of halogens is 1. The van der Waals surface area contributed by atoms with E-state index in [1.807, 2.05) is 18.2 Å². The average Bonchev–Trinajstić information content (AvgIpc) is 2.61. The highest BCUT2D eigenvalue weighted by Gasteiger charge is 2.11. The molecule has 0 heterocycles. The van der Waals surface area contributed by atoms with Gasteiger partial charge in [0.2, 0.25) is 0 Å². The number of thiocarbonyl (C=S) groups is 1. The summed E-state index contributed by atoms with van der Waals surface area (Å²) in [5, 5.41) is 17.4. The van der Waals surface area contributed by atoms with Gasteiger partial charge in [-0.1, -0.05) is 23.7 Å². The number of ether oxygens (including phenoxy) is 1. The summed E-state index contributed by atoms with van der Waals surface area (Å²) in [5.41, 5.74) is 1.09. The van der Waals surface area contributed by atoms with Crippen molar-refractivity contribution < 1.29 is 14.6 Å². The standard InChI is InChI=1S/C19H15ClN2O3S/c1-25-17-8-5-12(10-15(17)20)18(24)22-19(26)21-16-4-2-3-11-9-13(23)6-7-14(11)16/h2-10,23H,1H3,(H2,21,22,24,26). The van der Waals surface area contributed by atoms with Gasteiger partial charge in [0.25, 0.3) is 5.91 Å². The second kappa shape index (κ2) is 7.59. The number of carbonyl (C=O) groups excluding carboxylic acids is 1. The molecule has 7 heteroatoms. The lowest BCUT2D eigenvalue weighted by atomic mass is 10.1. The van der Waals surface area contributed by atoms with E-state index in [0.717, 1.165) is 16.5 Å². The summed E-state index contributed by atoms with van der Waals surface area (Å²) < 4.78 is 5.07. The molecule has 3 N–H and O–H groups in total. The molecule has 0 aliphatic heterocycles. The quantitative estimate of drug-likeness (QED) is 0.584. The van der Waals surface area contributed by atoms with Gasteiger partial charge < -0.3 is 15.2 Å². The van der Waals surface area contributed by atoms with E-state index in [0.29, 0.717) is 16.3 Å². The predicted octanol–water partition coefficient (Wildman–Crippen LogP) is 4.33. The van der Waals surface area contributed by atoms with E-state index in [4.69, 9.17) is 28.6 Å². The van der Waals surface area contributed by atoms with E-state index in [2.05, 4.69) is 10.6 Å². The number of aromatic hydroxyl groups is 1. The lowest BCUT2D eigenvalue weighted by Gasteiger charge is -2.12. The van der Waals surface area contributed by atoms with E-state index in [1.54, 1.807) is 30.3 Å². The lowest BCUT2D eigenvalue weighted by Crippen LogP contribution is -2.34. The SMILES string of the molecule is COc1ccc(C(=O)NC(=S)Nc2cccc3cc(O)ccc23)cc1Cl. The monoisotopic (exact) mass is 386 g/mol. The number of carbonyl (C=O) groups is 1. The number of rotatable bonds is 3. The largest absolute Gasteiger partial charge is 0.508 e. The van der Waals surface area contributed by atoms with Gasteiger partial charge in [-0.05, 0) is 60.1 Å². The third kappa shape index (κ3) is 3.87. The Kier molecular flexibility index (Phi) is 5.25. The van der Waals surface area contributed by atoms with Crippen molar-refractivity contribution in [3.63, 3.8) is 0 Å². The summed E-state index contributed by atoms with van der Waals surface area (Å²) in [6.07, 6.45) is 0. The summed E-state index contributed by atoms with van der Waals surface area (Å²) in [5.74, 6) is 0.287. The zero-order chi connectivity index (χ0) is 18.7. The van der Waals surface area contributed by atoms with Crippen LogP contribution in [0, 0.1) is 0 Å². The number of anilines is 1. The van der Waals surface area contributed by atoms with Crippen molar-refractivity contribution in [2.75, 3.05) is 12.4 Å². The van der Waals surface area contributed by atoms with E-state index < -0.39 is 0 Å². The molecule has 132 valence electrons.